The van der Waals surface area contributed by atoms with E-state index < -0.39 is 34.3 Å². The van der Waals surface area contributed by atoms with Crippen LogP contribution in [0.4, 0.5) is 10.1 Å². The van der Waals surface area contributed by atoms with E-state index >= 15 is 0 Å². The Bertz CT molecular complexity index is 1400. The van der Waals surface area contributed by atoms with Gasteiger partial charge in [-0.2, -0.15) is 0 Å². The highest BCUT2D eigenvalue weighted by molar-refractivity contribution is 7.92. The SMILES string of the molecule is CCC(C(=O)NC)N(Cc1ccc(F)cc1)C(=O)CN(c1ccc(C)c(C)c1)S(=O)(=O)c1ccc(Cl)cc1. The molecule has 38 heavy (non-hydrogen) atoms. The van der Waals surface area contributed by atoms with Crippen LogP contribution in [-0.2, 0) is 26.2 Å². The van der Waals surface area contributed by atoms with Crippen LogP contribution in [0, 0.1) is 19.7 Å². The first kappa shape index (κ1) is 29.1. The summed E-state index contributed by atoms with van der Waals surface area (Å²) in [7, 11) is -2.72. The Labute approximate surface area is 228 Å². The monoisotopic (exact) mass is 559 g/mol. The summed E-state index contributed by atoms with van der Waals surface area (Å²) in [6, 6.07) is 15.6. The fourth-order valence-electron chi connectivity index (χ4n) is 4.02. The predicted octanol–water partition coefficient (Wildman–Crippen LogP) is 4.84. The number of hydrogen-bond acceptors (Lipinski definition) is 4. The average Bonchev–Trinajstić information content (AvgIpc) is 2.89. The largest absolute Gasteiger partial charge is 0.357 e. The van der Waals surface area contributed by atoms with Crippen molar-refractivity contribution in [2.24, 2.45) is 0 Å². The molecule has 3 rings (SSSR count). The van der Waals surface area contributed by atoms with Gasteiger partial charge < -0.3 is 10.2 Å². The van der Waals surface area contributed by atoms with Crippen LogP contribution in [0.25, 0.3) is 0 Å². The van der Waals surface area contributed by atoms with E-state index in [9.17, 15) is 22.4 Å². The number of hydrogen-bond donors (Lipinski definition) is 1. The maximum absolute atomic E-state index is 13.8. The van der Waals surface area contributed by atoms with E-state index in [0.717, 1.165) is 15.4 Å². The van der Waals surface area contributed by atoms with Crippen molar-refractivity contribution in [1.82, 2.24) is 10.2 Å². The first-order valence-corrected chi connectivity index (χ1v) is 13.9. The van der Waals surface area contributed by atoms with Crippen molar-refractivity contribution in [3.05, 3.63) is 94.3 Å². The van der Waals surface area contributed by atoms with Gasteiger partial charge in [0.05, 0.1) is 10.6 Å². The van der Waals surface area contributed by atoms with Crippen molar-refractivity contribution >= 4 is 39.1 Å². The molecule has 0 aliphatic rings. The molecule has 0 saturated heterocycles. The molecule has 0 fully saturated rings. The third-order valence-corrected chi connectivity index (χ3v) is 8.40. The molecule has 202 valence electrons. The molecule has 0 saturated carbocycles. The minimum absolute atomic E-state index is 0.00714. The maximum Gasteiger partial charge on any atom is 0.264 e. The molecule has 10 heteroatoms. The molecule has 0 aliphatic carbocycles. The van der Waals surface area contributed by atoms with Gasteiger partial charge in [-0.15, -0.1) is 0 Å². The number of sulfonamides is 1. The molecule has 0 radical (unpaired) electrons. The number of anilines is 1. The predicted molar refractivity (Wildman–Crippen MR) is 147 cm³/mol. The number of aryl methyl sites for hydroxylation is 2. The maximum atomic E-state index is 13.8. The van der Waals surface area contributed by atoms with E-state index in [1.54, 1.807) is 25.1 Å². The number of halogens is 2. The number of nitrogens with one attached hydrogen (secondary N) is 1. The van der Waals surface area contributed by atoms with Gasteiger partial charge in [0, 0.05) is 18.6 Å². The summed E-state index contributed by atoms with van der Waals surface area (Å²) in [6.07, 6.45) is 0.292. The molecule has 0 bridgehead atoms. The lowest BCUT2D eigenvalue weighted by atomic mass is 10.1. The number of carbonyl (C=O) groups excluding carboxylic acids is 2. The Morgan fingerprint density at radius 3 is 2.16 bits per heavy atom. The Hall–Kier alpha value is -3.43. The van der Waals surface area contributed by atoms with Crippen LogP contribution < -0.4 is 9.62 Å². The summed E-state index contributed by atoms with van der Waals surface area (Å²) in [5, 5.41) is 2.94. The van der Waals surface area contributed by atoms with E-state index in [2.05, 4.69) is 5.32 Å². The van der Waals surface area contributed by atoms with Gasteiger partial charge in [0.1, 0.15) is 18.4 Å². The molecule has 3 aromatic carbocycles. The van der Waals surface area contributed by atoms with Gasteiger partial charge in [0.15, 0.2) is 0 Å². The molecule has 0 spiro atoms. The summed E-state index contributed by atoms with van der Waals surface area (Å²) in [6.45, 7) is 4.96. The lowest BCUT2D eigenvalue weighted by molar-refractivity contribution is -0.140. The van der Waals surface area contributed by atoms with E-state index in [1.807, 2.05) is 13.8 Å². The van der Waals surface area contributed by atoms with Gasteiger partial charge in [0.2, 0.25) is 11.8 Å². The molecule has 0 heterocycles. The summed E-state index contributed by atoms with van der Waals surface area (Å²) >= 11 is 5.97. The van der Waals surface area contributed by atoms with Crippen molar-refractivity contribution in [2.45, 2.75) is 44.7 Å². The lowest BCUT2D eigenvalue weighted by Crippen LogP contribution is -2.51. The Balaban J connectivity index is 2.08. The average molecular weight is 560 g/mol. The Kier molecular flexibility index (Phi) is 9.51. The van der Waals surface area contributed by atoms with E-state index in [4.69, 9.17) is 11.6 Å². The van der Waals surface area contributed by atoms with Gasteiger partial charge >= 0.3 is 0 Å². The molecular formula is C28H31ClFN3O4S. The smallest absolute Gasteiger partial charge is 0.264 e. The van der Waals surface area contributed by atoms with Crippen LogP contribution in [0.1, 0.15) is 30.0 Å². The van der Waals surface area contributed by atoms with Crippen molar-refractivity contribution in [1.29, 1.82) is 0 Å². The van der Waals surface area contributed by atoms with Crippen molar-refractivity contribution in [2.75, 3.05) is 17.9 Å². The molecule has 1 N–H and O–H groups in total. The van der Waals surface area contributed by atoms with Gasteiger partial charge in [-0.25, -0.2) is 12.8 Å². The second kappa shape index (κ2) is 12.4. The van der Waals surface area contributed by atoms with Crippen LogP contribution in [0.3, 0.4) is 0 Å². The molecule has 1 unspecified atom stereocenters. The first-order valence-electron chi connectivity index (χ1n) is 12.1. The fourth-order valence-corrected chi connectivity index (χ4v) is 5.55. The molecule has 3 aromatic rings. The fraction of sp³-hybridized carbons (Fsp3) is 0.286. The van der Waals surface area contributed by atoms with Crippen molar-refractivity contribution < 1.29 is 22.4 Å². The van der Waals surface area contributed by atoms with Gasteiger partial charge in [0.25, 0.3) is 10.0 Å². The van der Waals surface area contributed by atoms with Crippen LogP contribution in [0.5, 0.6) is 0 Å². The van der Waals surface area contributed by atoms with Crippen LogP contribution in [-0.4, -0.2) is 44.8 Å². The zero-order chi connectivity index (χ0) is 28.0. The highest BCUT2D eigenvalue weighted by atomic mass is 35.5. The van der Waals surface area contributed by atoms with E-state index in [0.29, 0.717) is 22.7 Å². The molecular weight excluding hydrogens is 529 g/mol. The minimum Gasteiger partial charge on any atom is -0.357 e. The molecule has 2 amide bonds. The van der Waals surface area contributed by atoms with E-state index in [1.165, 1.54) is 60.5 Å². The number of carbonyl (C=O) groups is 2. The molecule has 0 aromatic heterocycles. The van der Waals surface area contributed by atoms with Crippen LogP contribution in [0.2, 0.25) is 5.02 Å². The number of amides is 2. The third-order valence-electron chi connectivity index (χ3n) is 6.36. The Morgan fingerprint density at radius 2 is 1.61 bits per heavy atom. The number of benzene rings is 3. The van der Waals surface area contributed by atoms with Gasteiger partial charge in [-0.05, 0) is 85.5 Å². The van der Waals surface area contributed by atoms with E-state index in [-0.39, 0.29) is 17.3 Å². The topological polar surface area (TPSA) is 86.8 Å². The van der Waals surface area contributed by atoms with Gasteiger partial charge in [-0.3, -0.25) is 13.9 Å². The first-order chi connectivity index (χ1) is 18.0. The standard InChI is InChI=1S/C28H31ClFN3O4S/c1-5-26(28(35)31-4)32(17-21-7-11-23(30)12-8-21)27(34)18-33(24-13-6-19(2)20(3)16-24)38(36,37)25-14-9-22(29)10-15-25/h6-16,26H,5,17-18H2,1-4H3,(H,31,35). The normalized spacial score (nSPS) is 12.1. The minimum atomic E-state index is -4.19. The molecule has 0 aliphatic heterocycles. The van der Waals surface area contributed by atoms with Crippen molar-refractivity contribution in [3.63, 3.8) is 0 Å². The highest BCUT2D eigenvalue weighted by Gasteiger charge is 2.33. The zero-order valence-corrected chi connectivity index (χ0v) is 23.3. The number of rotatable bonds is 10. The number of likely N-dealkylation sites (N-methyl/N-ethyl adjacent to an activating group) is 1. The number of nitrogens with zero attached hydrogens (tertiary/aromatic N) is 2. The lowest BCUT2D eigenvalue weighted by Gasteiger charge is -2.33. The summed E-state index contributed by atoms with van der Waals surface area (Å²) in [5.74, 6) is -1.40. The van der Waals surface area contributed by atoms with Crippen LogP contribution >= 0.6 is 11.6 Å². The second-order valence-electron chi connectivity index (χ2n) is 8.92. The highest BCUT2D eigenvalue weighted by Crippen LogP contribution is 2.27. The Morgan fingerprint density at radius 1 is 0.974 bits per heavy atom. The third kappa shape index (κ3) is 6.71. The van der Waals surface area contributed by atoms with Crippen molar-refractivity contribution in [3.8, 4) is 0 Å². The molecule has 7 nitrogen and oxygen atoms in total. The quantitative estimate of drug-likeness (QED) is 0.385. The van der Waals surface area contributed by atoms with Crippen LogP contribution in [0.15, 0.2) is 71.6 Å². The van der Waals surface area contributed by atoms with Gasteiger partial charge in [-0.1, -0.05) is 36.7 Å². The second-order valence-corrected chi connectivity index (χ2v) is 11.2. The summed E-state index contributed by atoms with van der Waals surface area (Å²) in [5.41, 5.74) is 2.73. The zero-order valence-electron chi connectivity index (χ0n) is 21.7. The summed E-state index contributed by atoms with van der Waals surface area (Å²) in [4.78, 5) is 27.9. The summed E-state index contributed by atoms with van der Waals surface area (Å²) < 4.78 is 42.2. The molecule has 1 atom stereocenters.